The maximum absolute atomic E-state index is 13.4. The van der Waals surface area contributed by atoms with Gasteiger partial charge in [0.1, 0.15) is 5.82 Å². The summed E-state index contributed by atoms with van der Waals surface area (Å²) in [5.74, 6) is -1.98. The summed E-state index contributed by atoms with van der Waals surface area (Å²) in [6, 6.07) is 3.87. The number of aliphatic carboxylic acids is 1. The van der Waals surface area contributed by atoms with Crippen molar-refractivity contribution in [2.24, 2.45) is 0 Å². The van der Waals surface area contributed by atoms with Gasteiger partial charge in [-0.1, -0.05) is 18.0 Å². The molecule has 0 heterocycles. The molecule has 0 bridgehead atoms. The van der Waals surface area contributed by atoms with Gasteiger partial charge in [-0.05, 0) is 31.0 Å². The standard InChI is InChI=1S/C13H15ClFNO3/c14-9-5-6-10(11(15)8-9)13(19)16-7-3-1-2-4-12(17)18/h5-6,8H,1-4,7H2,(H,16,19)(H,17,18). The Bertz CT molecular complexity index is 465. The van der Waals surface area contributed by atoms with Gasteiger partial charge in [-0.2, -0.15) is 0 Å². The molecule has 0 aromatic heterocycles. The van der Waals surface area contributed by atoms with Crippen LogP contribution in [0.1, 0.15) is 36.0 Å². The van der Waals surface area contributed by atoms with Crippen LogP contribution < -0.4 is 5.32 Å². The summed E-state index contributed by atoms with van der Waals surface area (Å²) >= 11 is 5.59. The first-order chi connectivity index (χ1) is 9.00. The lowest BCUT2D eigenvalue weighted by Crippen LogP contribution is -2.25. The third-order valence-electron chi connectivity index (χ3n) is 2.53. The quantitative estimate of drug-likeness (QED) is 0.758. The molecule has 0 aliphatic carbocycles. The van der Waals surface area contributed by atoms with Crippen LogP contribution in [0, 0.1) is 5.82 Å². The lowest BCUT2D eigenvalue weighted by Gasteiger charge is -2.06. The van der Waals surface area contributed by atoms with E-state index in [1.165, 1.54) is 12.1 Å². The number of halogens is 2. The first-order valence-corrected chi connectivity index (χ1v) is 6.33. The van der Waals surface area contributed by atoms with Gasteiger partial charge in [0.25, 0.3) is 5.91 Å². The van der Waals surface area contributed by atoms with Crippen LogP contribution in [0.15, 0.2) is 18.2 Å². The fraction of sp³-hybridized carbons (Fsp3) is 0.385. The molecule has 0 saturated heterocycles. The average Bonchev–Trinajstić information content (AvgIpc) is 2.32. The Morgan fingerprint density at radius 3 is 2.63 bits per heavy atom. The van der Waals surface area contributed by atoms with Crippen LogP contribution in [0.2, 0.25) is 5.02 Å². The van der Waals surface area contributed by atoms with Crippen molar-refractivity contribution in [1.29, 1.82) is 0 Å². The van der Waals surface area contributed by atoms with E-state index < -0.39 is 17.7 Å². The van der Waals surface area contributed by atoms with Crippen LogP contribution >= 0.6 is 11.6 Å². The zero-order chi connectivity index (χ0) is 14.3. The Kier molecular flexibility index (Phi) is 6.29. The highest BCUT2D eigenvalue weighted by Crippen LogP contribution is 2.14. The molecular formula is C13H15ClFNO3. The van der Waals surface area contributed by atoms with Gasteiger partial charge < -0.3 is 10.4 Å². The maximum Gasteiger partial charge on any atom is 0.303 e. The van der Waals surface area contributed by atoms with Crippen LogP contribution in [0.5, 0.6) is 0 Å². The molecule has 6 heteroatoms. The van der Waals surface area contributed by atoms with E-state index in [4.69, 9.17) is 16.7 Å². The molecule has 2 N–H and O–H groups in total. The van der Waals surface area contributed by atoms with Crippen LogP contribution in [0.25, 0.3) is 0 Å². The summed E-state index contributed by atoms with van der Waals surface area (Å²) in [4.78, 5) is 21.9. The van der Waals surface area contributed by atoms with E-state index in [9.17, 15) is 14.0 Å². The number of benzene rings is 1. The number of carboxylic acid groups (broad SMARTS) is 1. The fourth-order valence-corrected chi connectivity index (χ4v) is 1.71. The zero-order valence-electron chi connectivity index (χ0n) is 10.3. The van der Waals surface area contributed by atoms with Crippen molar-refractivity contribution in [2.75, 3.05) is 6.54 Å². The summed E-state index contributed by atoms with van der Waals surface area (Å²) in [7, 11) is 0. The molecule has 0 aliphatic heterocycles. The van der Waals surface area contributed by atoms with E-state index in [0.717, 1.165) is 6.07 Å². The predicted molar refractivity (Wildman–Crippen MR) is 69.8 cm³/mol. The van der Waals surface area contributed by atoms with E-state index in [0.29, 0.717) is 25.8 Å². The Morgan fingerprint density at radius 1 is 1.26 bits per heavy atom. The third kappa shape index (κ3) is 5.70. The minimum absolute atomic E-state index is 0.0464. The SMILES string of the molecule is O=C(O)CCCCCNC(=O)c1ccc(Cl)cc1F. The maximum atomic E-state index is 13.4. The van der Waals surface area contributed by atoms with Crippen molar-refractivity contribution in [2.45, 2.75) is 25.7 Å². The van der Waals surface area contributed by atoms with Crippen LogP contribution in [-0.2, 0) is 4.79 Å². The number of carboxylic acids is 1. The van der Waals surface area contributed by atoms with E-state index in [2.05, 4.69) is 5.32 Å². The predicted octanol–water partition coefficient (Wildman–Crippen LogP) is 2.85. The van der Waals surface area contributed by atoms with Gasteiger partial charge >= 0.3 is 5.97 Å². The number of amides is 1. The Labute approximate surface area is 115 Å². The molecule has 4 nitrogen and oxygen atoms in total. The molecule has 19 heavy (non-hydrogen) atoms. The van der Waals surface area contributed by atoms with Gasteiger partial charge in [-0.15, -0.1) is 0 Å². The van der Waals surface area contributed by atoms with E-state index in [-0.39, 0.29) is 17.0 Å². The highest BCUT2D eigenvalue weighted by molar-refractivity contribution is 6.30. The monoisotopic (exact) mass is 287 g/mol. The second kappa shape index (κ2) is 7.74. The minimum atomic E-state index is -0.827. The number of hydrogen-bond donors (Lipinski definition) is 2. The number of unbranched alkanes of at least 4 members (excludes halogenated alkanes) is 2. The second-order valence-corrected chi connectivity index (χ2v) is 4.52. The Morgan fingerprint density at radius 2 is 2.00 bits per heavy atom. The van der Waals surface area contributed by atoms with Crippen molar-refractivity contribution >= 4 is 23.5 Å². The van der Waals surface area contributed by atoms with Crippen LogP contribution in [0.3, 0.4) is 0 Å². The number of carbonyl (C=O) groups excluding carboxylic acids is 1. The topological polar surface area (TPSA) is 66.4 Å². The molecule has 0 radical (unpaired) electrons. The van der Waals surface area contributed by atoms with Gasteiger partial charge in [-0.25, -0.2) is 4.39 Å². The molecule has 0 atom stereocenters. The molecule has 1 amide bonds. The van der Waals surface area contributed by atoms with Gasteiger partial charge in [0.15, 0.2) is 0 Å². The summed E-state index contributed by atoms with van der Waals surface area (Å²) in [6.45, 7) is 0.389. The molecular weight excluding hydrogens is 273 g/mol. The molecule has 0 spiro atoms. The molecule has 0 aliphatic rings. The van der Waals surface area contributed by atoms with Crippen molar-refractivity contribution in [3.63, 3.8) is 0 Å². The molecule has 1 aromatic rings. The van der Waals surface area contributed by atoms with Gasteiger partial charge in [-0.3, -0.25) is 9.59 Å². The minimum Gasteiger partial charge on any atom is -0.481 e. The summed E-state index contributed by atoms with van der Waals surface area (Å²) in [5.41, 5.74) is -0.0464. The Balaban J connectivity index is 2.29. The normalized spacial score (nSPS) is 10.2. The summed E-state index contributed by atoms with van der Waals surface area (Å²) in [5, 5.41) is 11.3. The van der Waals surface area contributed by atoms with Crippen molar-refractivity contribution < 1.29 is 19.1 Å². The second-order valence-electron chi connectivity index (χ2n) is 4.08. The number of hydrogen-bond acceptors (Lipinski definition) is 2. The lowest BCUT2D eigenvalue weighted by atomic mass is 10.1. The Hall–Kier alpha value is -1.62. The zero-order valence-corrected chi connectivity index (χ0v) is 11.0. The average molecular weight is 288 g/mol. The first-order valence-electron chi connectivity index (χ1n) is 5.95. The highest BCUT2D eigenvalue weighted by atomic mass is 35.5. The molecule has 1 aromatic carbocycles. The van der Waals surface area contributed by atoms with Crippen molar-refractivity contribution in [3.05, 3.63) is 34.6 Å². The number of rotatable bonds is 7. The summed E-state index contributed by atoms with van der Waals surface area (Å²) in [6.07, 6.45) is 2.06. The molecule has 0 saturated carbocycles. The van der Waals surface area contributed by atoms with E-state index in [1.54, 1.807) is 0 Å². The van der Waals surface area contributed by atoms with Gasteiger partial charge in [0.05, 0.1) is 5.56 Å². The molecule has 1 rings (SSSR count). The van der Waals surface area contributed by atoms with Crippen LogP contribution in [-0.4, -0.2) is 23.5 Å². The highest BCUT2D eigenvalue weighted by Gasteiger charge is 2.11. The fourth-order valence-electron chi connectivity index (χ4n) is 1.55. The summed E-state index contributed by atoms with van der Waals surface area (Å²) < 4.78 is 13.4. The molecule has 104 valence electrons. The molecule has 0 fully saturated rings. The van der Waals surface area contributed by atoms with Crippen molar-refractivity contribution in [1.82, 2.24) is 5.32 Å². The van der Waals surface area contributed by atoms with E-state index in [1.807, 2.05) is 0 Å². The van der Waals surface area contributed by atoms with E-state index >= 15 is 0 Å². The van der Waals surface area contributed by atoms with Gasteiger partial charge in [0, 0.05) is 18.0 Å². The number of nitrogens with one attached hydrogen (secondary N) is 1. The van der Waals surface area contributed by atoms with Gasteiger partial charge in [0.2, 0.25) is 0 Å². The smallest absolute Gasteiger partial charge is 0.303 e. The number of carbonyl (C=O) groups is 2. The van der Waals surface area contributed by atoms with Crippen molar-refractivity contribution in [3.8, 4) is 0 Å². The first kappa shape index (κ1) is 15.4. The third-order valence-corrected chi connectivity index (χ3v) is 2.76. The molecule has 0 unspecified atom stereocenters. The van der Waals surface area contributed by atoms with Crippen LogP contribution in [0.4, 0.5) is 4.39 Å². The lowest BCUT2D eigenvalue weighted by molar-refractivity contribution is -0.137. The largest absolute Gasteiger partial charge is 0.481 e.